The average molecular weight is 666 g/mol. The van der Waals surface area contributed by atoms with Crippen molar-refractivity contribution in [1.82, 2.24) is 14.6 Å². The van der Waals surface area contributed by atoms with Gasteiger partial charge < -0.3 is 21.1 Å². The summed E-state index contributed by atoms with van der Waals surface area (Å²) in [7, 11) is -2.28. The lowest BCUT2D eigenvalue weighted by molar-refractivity contribution is -0.117. The summed E-state index contributed by atoms with van der Waals surface area (Å²) >= 11 is 6.13. The van der Waals surface area contributed by atoms with Crippen molar-refractivity contribution in [2.24, 2.45) is 5.73 Å². The minimum Gasteiger partial charge on any atom is -0.481 e. The summed E-state index contributed by atoms with van der Waals surface area (Å²) in [6.45, 7) is 2.77. The van der Waals surface area contributed by atoms with E-state index in [9.17, 15) is 13.2 Å². The molecule has 1 aliphatic rings. The van der Waals surface area contributed by atoms with Gasteiger partial charge in [0, 0.05) is 59.6 Å². The van der Waals surface area contributed by atoms with Crippen molar-refractivity contribution in [1.29, 1.82) is 0 Å². The summed E-state index contributed by atoms with van der Waals surface area (Å²) < 4.78 is 49.4. The van der Waals surface area contributed by atoms with Crippen LogP contribution in [0.2, 0.25) is 5.02 Å². The number of methoxy groups -OCH3 is 1. The first kappa shape index (κ1) is 33.5. The summed E-state index contributed by atoms with van der Waals surface area (Å²) in [6, 6.07) is 21.5. The van der Waals surface area contributed by atoms with Crippen LogP contribution in [0.4, 0.5) is 10.1 Å². The van der Waals surface area contributed by atoms with E-state index in [0.29, 0.717) is 36.0 Å². The Morgan fingerprint density at radius 1 is 1.07 bits per heavy atom. The van der Waals surface area contributed by atoms with Crippen LogP contribution in [0.1, 0.15) is 36.0 Å². The number of aromatic nitrogens is 1. The van der Waals surface area contributed by atoms with Crippen molar-refractivity contribution in [3.63, 3.8) is 0 Å². The van der Waals surface area contributed by atoms with E-state index in [2.05, 4.69) is 15.6 Å². The van der Waals surface area contributed by atoms with Gasteiger partial charge in [-0.2, -0.15) is 4.31 Å². The second-order valence-corrected chi connectivity index (χ2v) is 13.6. The van der Waals surface area contributed by atoms with Gasteiger partial charge in [0.15, 0.2) is 0 Å². The van der Waals surface area contributed by atoms with E-state index in [4.69, 9.17) is 22.1 Å². The molecule has 0 bridgehead atoms. The lowest BCUT2D eigenvalue weighted by atomic mass is 9.85. The second kappa shape index (κ2) is 14.7. The summed E-state index contributed by atoms with van der Waals surface area (Å²) in [4.78, 5) is 18.2. The predicted molar refractivity (Wildman–Crippen MR) is 177 cm³/mol. The number of piperazine rings is 1. The van der Waals surface area contributed by atoms with Gasteiger partial charge in [-0.25, -0.2) is 17.8 Å². The third kappa shape index (κ3) is 7.40. The van der Waals surface area contributed by atoms with E-state index in [1.54, 1.807) is 79.0 Å². The maximum Gasteiger partial charge on any atom is 0.243 e. The van der Waals surface area contributed by atoms with Crippen LogP contribution >= 0.6 is 11.6 Å². The Hall–Kier alpha value is -3.87. The molecule has 4 unspecified atom stereocenters. The molecule has 9 nitrogen and oxygen atoms in total. The van der Waals surface area contributed by atoms with Crippen molar-refractivity contribution in [3.05, 3.63) is 119 Å². The number of benzene rings is 3. The quantitative estimate of drug-likeness (QED) is 0.207. The third-order valence-electron chi connectivity index (χ3n) is 8.26. The molecule has 12 heteroatoms. The zero-order valence-electron chi connectivity index (χ0n) is 25.6. The lowest BCUT2D eigenvalue weighted by Crippen LogP contribution is -2.58. The smallest absolute Gasteiger partial charge is 0.243 e. The molecular weight excluding hydrogens is 629 g/mol. The molecule has 1 amide bonds. The van der Waals surface area contributed by atoms with Gasteiger partial charge in [-0.1, -0.05) is 54.1 Å². The zero-order chi connectivity index (χ0) is 32.8. The van der Waals surface area contributed by atoms with Gasteiger partial charge >= 0.3 is 0 Å². The Labute approximate surface area is 274 Å². The number of pyridine rings is 1. The summed E-state index contributed by atoms with van der Waals surface area (Å²) in [5, 5.41) is 6.68. The minimum absolute atomic E-state index is 0.181. The number of carbonyl (C=O) groups excluding carboxylic acids is 1. The zero-order valence-corrected chi connectivity index (χ0v) is 27.1. The van der Waals surface area contributed by atoms with E-state index >= 15 is 4.39 Å². The lowest BCUT2D eigenvalue weighted by Gasteiger charge is -2.40. The first-order valence-corrected chi connectivity index (χ1v) is 16.8. The standard InChI is InChI=1S/C34H37ClFN5O4S/c1-22-19-38-21-26(41(22)46(43,44)27-7-4-3-5-8-27)16-17-28-29(36)9-6-10-30(28)40-34(42)33(37)32(23-11-14-25(35)15-12-23)24-13-18-31(45-2)39-20-24/h3-15,18,20,22,26,32-33,38H,16-17,19,21,37H2,1-2H3,(H,40,42). The highest BCUT2D eigenvalue weighted by atomic mass is 35.5. The van der Waals surface area contributed by atoms with Gasteiger partial charge in [0.05, 0.1) is 18.0 Å². The number of hydrogen-bond donors (Lipinski definition) is 3. The number of sulfonamides is 1. The van der Waals surface area contributed by atoms with Crippen molar-refractivity contribution in [2.75, 3.05) is 25.5 Å². The number of rotatable bonds is 11. The summed E-state index contributed by atoms with van der Waals surface area (Å²) in [5.41, 5.74) is 8.60. The van der Waals surface area contributed by atoms with Crippen molar-refractivity contribution in [3.8, 4) is 5.88 Å². The van der Waals surface area contributed by atoms with Gasteiger partial charge in [-0.05, 0) is 67.3 Å². The Bertz CT molecular complexity index is 1740. The van der Waals surface area contributed by atoms with Crippen LogP contribution in [-0.4, -0.2) is 61.9 Å². The highest BCUT2D eigenvalue weighted by Crippen LogP contribution is 2.31. The number of amides is 1. The number of carbonyl (C=O) groups is 1. The third-order valence-corrected chi connectivity index (χ3v) is 10.6. The molecule has 4 aromatic rings. The Morgan fingerprint density at radius 2 is 1.78 bits per heavy atom. The Morgan fingerprint density at radius 3 is 2.46 bits per heavy atom. The molecule has 2 heterocycles. The Balaban J connectivity index is 1.38. The number of nitrogens with zero attached hydrogens (tertiary/aromatic N) is 2. The van der Waals surface area contributed by atoms with E-state index in [0.717, 1.165) is 5.56 Å². The molecule has 46 heavy (non-hydrogen) atoms. The molecule has 5 rings (SSSR count). The molecule has 4 atom stereocenters. The molecule has 0 spiro atoms. The number of halogens is 2. The summed E-state index contributed by atoms with van der Waals surface area (Å²) in [5.74, 6) is -1.21. The van der Waals surface area contributed by atoms with E-state index in [1.165, 1.54) is 23.5 Å². The number of hydrogen-bond acceptors (Lipinski definition) is 7. The first-order valence-electron chi connectivity index (χ1n) is 15.0. The van der Waals surface area contributed by atoms with Gasteiger partial charge in [0.1, 0.15) is 5.82 Å². The highest BCUT2D eigenvalue weighted by Gasteiger charge is 2.38. The molecule has 0 saturated carbocycles. The van der Waals surface area contributed by atoms with Gasteiger partial charge in [0.2, 0.25) is 21.8 Å². The molecule has 1 fully saturated rings. The van der Waals surface area contributed by atoms with Crippen LogP contribution in [-0.2, 0) is 21.2 Å². The van der Waals surface area contributed by atoms with Crippen LogP contribution in [0.3, 0.4) is 0 Å². The molecular formula is C34H37ClFN5O4S. The predicted octanol–water partition coefficient (Wildman–Crippen LogP) is 4.96. The van der Waals surface area contributed by atoms with E-state index in [1.807, 2.05) is 6.92 Å². The summed E-state index contributed by atoms with van der Waals surface area (Å²) in [6.07, 6.45) is 2.11. The normalized spacial score (nSPS) is 18.5. The van der Waals surface area contributed by atoms with Gasteiger partial charge in [-0.3, -0.25) is 4.79 Å². The molecule has 0 aliphatic carbocycles. The SMILES string of the molecule is COc1ccc(C(c2ccc(Cl)cc2)C(N)C(=O)Nc2cccc(F)c2CCC2CNCC(C)N2S(=O)(=O)c2ccccc2)cn1. The van der Waals surface area contributed by atoms with Crippen LogP contribution < -0.4 is 21.1 Å². The fourth-order valence-electron chi connectivity index (χ4n) is 5.96. The maximum atomic E-state index is 15.4. The van der Waals surface area contributed by atoms with Crippen LogP contribution in [0.15, 0.2) is 96.0 Å². The van der Waals surface area contributed by atoms with Crippen molar-refractivity contribution >= 4 is 33.2 Å². The molecule has 0 radical (unpaired) electrons. The molecule has 1 aliphatic heterocycles. The van der Waals surface area contributed by atoms with E-state index in [-0.39, 0.29) is 28.6 Å². The van der Waals surface area contributed by atoms with Crippen LogP contribution in [0.25, 0.3) is 0 Å². The maximum absolute atomic E-state index is 15.4. The molecule has 4 N–H and O–H groups in total. The largest absolute Gasteiger partial charge is 0.481 e. The topological polar surface area (TPSA) is 127 Å². The fraction of sp³-hybridized carbons (Fsp3) is 0.294. The second-order valence-electron chi connectivity index (χ2n) is 11.3. The van der Waals surface area contributed by atoms with Crippen LogP contribution in [0.5, 0.6) is 5.88 Å². The van der Waals surface area contributed by atoms with E-state index < -0.39 is 39.7 Å². The number of nitrogens with one attached hydrogen (secondary N) is 2. The van der Waals surface area contributed by atoms with Crippen LogP contribution in [0, 0.1) is 5.82 Å². The first-order chi connectivity index (χ1) is 22.1. The molecule has 1 saturated heterocycles. The number of anilines is 1. The average Bonchev–Trinajstić information content (AvgIpc) is 3.06. The van der Waals surface area contributed by atoms with Gasteiger partial charge in [-0.15, -0.1) is 0 Å². The highest BCUT2D eigenvalue weighted by molar-refractivity contribution is 7.89. The van der Waals surface area contributed by atoms with Gasteiger partial charge in [0.25, 0.3) is 0 Å². The fourth-order valence-corrected chi connectivity index (χ4v) is 7.95. The van der Waals surface area contributed by atoms with Crippen molar-refractivity contribution in [2.45, 2.75) is 48.7 Å². The monoisotopic (exact) mass is 665 g/mol. The van der Waals surface area contributed by atoms with Crippen molar-refractivity contribution < 1.29 is 22.3 Å². The number of ether oxygens (including phenoxy) is 1. The number of nitrogens with two attached hydrogens (primary N) is 1. The minimum atomic E-state index is -3.79. The molecule has 242 valence electrons. The Kier molecular flexibility index (Phi) is 10.7. The molecule has 1 aromatic heterocycles. The molecule has 3 aromatic carbocycles.